The van der Waals surface area contributed by atoms with Crippen LogP contribution in [0.3, 0.4) is 0 Å². The maximum Gasteiger partial charge on any atom is 0.187 e. The van der Waals surface area contributed by atoms with E-state index in [1.807, 2.05) is 7.05 Å². The molecule has 0 saturated heterocycles. The van der Waals surface area contributed by atoms with E-state index in [2.05, 4.69) is 9.88 Å². The number of thiazole rings is 1. The maximum atomic E-state index is 10.7. The second kappa shape index (κ2) is 5.15. The molecule has 0 unspecified atom stereocenters. The molecule has 1 aliphatic carbocycles. The molecule has 0 N–H and O–H groups in total. The van der Waals surface area contributed by atoms with Crippen LogP contribution in [0.15, 0.2) is 0 Å². The molecule has 0 bridgehead atoms. The number of carbonyl (C=O) groups excluding carboxylic acids is 1. The Bertz CT molecular complexity index is 374. The largest absolute Gasteiger partial charge is 0.351 e. The number of hydrogen-bond acceptors (Lipinski definition) is 4. The van der Waals surface area contributed by atoms with Crippen molar-refractivity contribution in [3.63, 3.8) is 0 Å². The van der Waals surface area contributed by atoms with Gasteiger partial charge in [-0.25, -0.2) is 4.98 Å². The van der Waals surface area contributed by atoms with Crippen molar-refractivity contribution < 1.29 is 4.79 Å². The minimum Gasteiger partial charge on any atom is -0.351 e. The second-order valence-corrected chi connectivity index (χ2v) is 5.67. The lowest BCUT2D eigenvalue weighted by atomic mass is 10.1. The molecule has 16 heavy (non-hydrogen) atoms. The third-order valence-electron chi connectivity index (χ3n) is 3.04. The molecule has 0 atom stereocenters. The van der Waals surface area contributed by atoms with Crippen LogP contribution in [-0.2, 0) is 0 Å². The summed E-state index contributed by atoms with van der Waals surface area (Å²) in [7, 11) is 2.02. The van der Waals surface area contributed by atoms with Gasteiger partial charge in [-0.05, 0) is 18.8 Å². The monoisotopic (exact) mass is 258 g/mol. The van der Waals surface area contributed by atoms with Crippen LogP contribution < -0.4 is 4.90 Å². The van der Waals surface area contributed by atoms with Crippen LogP contribution in [0.25, 0.3) is 0 Å². The first-order chi connectivity index (χ1) is 7.70. The van der Waals surface area contributed by atoms with Crippen LogP contribution in [0.4, 0.5) is 5.13 Å². The average Bonchev–Trinajstić information content (AvgIpc) is 2.87. The van der Waals surface area contributed by atoms with Crippen molar-refractivity contribution in [2.45, 2.75) is 25.7 Å². The third-order valence-corrected chi connectivity index (χ3v) is 4.53. The van der Waals surface area contributed by atoms with Gasteiger partial charge in [0.05, 0.1) is 0 Å². The zero-order chi connectivity index (χ0) is 11.5. The lowest BCUT2D eigenvalue weighted by molar-refractivity contribution is 0.112. The molecule has 1 heterocycles. The number of rotatable bonds is 4. The molecule has 0 aliphatic heterocycles. The molecule has 5 heteroatoms. The first kappa shape index (κ1) is 11.9. The highest BCUT2D eigenvalue weighted by Crippen LogP contribution is 2.30. The summed E-state index contributed by atoms with van der Waals surface area (Å²) in [5.74, 6) is 0.771. The molecule has 0 radical (unpaired) electrons. The Morgan fingerprint density at radius 1 is 1.56 bits per heavy atom. The minimum absolute atomic E-state index is 0.327. The molecule has 3 nitrogen and oxygen atoms in total. The SMILES string of the molecule is CN(CC1CCCC1)c1nc(Cl)c(C=O)s1. The summed E-state index contributed by atoms with van der Waals surface area (Å²) in [5.41, 5.74) is 0. The van der Waals surface area contributed by atoms with Crippen molar-refractivity contribution in [1.29, 1.82) is 0 Å². The van der Waals surface area contributed by atoms with Gasteiger partial charge in [-0.15, -0.1) is 0 Å². The van der Waals surface area contributed by atoms with Crippen molar-refractivity contribution in [3.05, 3.63) is 10.0 Å². The van der Waals surface area contributed by atoms with Crippen molar-refractivity contribution in [2.75, 3.05) is 18.5 Å². The van der Waals surface area contributed by atoms with Gasteiger partial charge in [0.25, 0.3) is 0 Å². The summed E-state index contributed by atoms with van der Waals surface area (Å²) in [6, 6.07) is 0. The molecular weight excluding hydrogens is 244 g/mol. The predicted molar refractivity (Wildman–Crippen MR) is 67.7 cm³/mol. The number of aldehydes is 1. The van der Waals surface area contributed by atoms with Gasteiger partial charge in [-0.1, -0.05) is 35.8 Å². The first-order valence-corrected chi connectivity index (χ1v) is 6.73. The maximum absolute atomic E-state index is 10.7. The fourth-order valence-electron chi connectivity index (χ4n) is 2.20. The van der Waals surface area contributed by atoms with Crippen LogP contribution in [-0.4, -0.2) is 24.9 Å². The molecule has 0 spiro atoms. The summed E-state index contributed by atoms with van der Waals surface area (Å²) >= 11 is 7.21. The molecule has 1 fully saturated rings. The van der Waals surface area contributed by atoms with E-state index in [0.29, 0.717) is 10.0 Å². The highest BCUT2D eigenvalue weighted by Gasteiger charge is 2.19. The summed E-state index contributed by atoms with van der Waals surface area (Å²) in [4.78, 5) is 17.5. The van der Waals surface area contributed by atoms with Gasteiger partial charge in [0.1, 0.15) is 4.88 Å². The van der Waals surface area contributed by atoms with Crippen LogP contribution >= 0.6 is 22.9 Å². The Labute approximate surface area is 104 Å². The Balaban J connectivity index is 2.01. The van der Waals surface area contributed by atoms with Gasteiger partial charge in [-0.2, -0.15) is 0 Å². The summed E-state index contributed by atoms with van der Waals surface area (Å²) in [6.45, 7) is 1.02. The Hall–Kier alpha value is -0.610. The molecule has 88 valence electrons. The molecule has 0 aromatic carbocycles. The molecule has 1 aromatic heterocycles. The second-order valence-electron chi connectivity index (χ2n) is 4.30. The fraction of sp³-hybridized carbons (Fsp3) is 0.636. The number of carbonyl (C=O) groups is 1. The average molecular weight is 259 g/mol. The minimum atomic E-state index is 0.327. The molecule has 1 aromatic rings. The van der Waals surface area contributed by atoms with Gasteiger partial charge in [0.2, 0.25) is 0 Å². The van der Waals surface area contributed by atoms with Gasteiger partial charge >= 0.3 is 0 Å². The van der Waals surface area contributed by atoms with E-state index in [0.717, 1.165) is 23.9 Å². The van der Waals surface area contributed by atoms with E-state index in [1.54, 1.807) is 0 Å². The fourth-order valence-corrected chi connectivity index (χ4v) is 3.23. The summed E-state index contributed by atoms with van der Waals surface area (Å²) in [6.07, 6.45) is 6.08. The topological polar surface area (TPSA) is 33.2 Å². The Kier molecular flexibility index (Phi) is 3.82. The van der Waals surface area contributed by atoms with Crippen molar-refractivity contribution in [1.82, 2.24) is 4.98 Å². The lowest BCUT2D eigenvalue weighted by Gasteiger charge is -2.19. The van der Waals surface area contributed by atoms with E-state index in [4.69, 9.17) is 11.6 Å². The molecule has 1 aliphatic rings. The highest BCUT2D eigenvalue weighted by molar-refractivity contribution is 7.17. The van der Waals surface area contributed by atoms with Crippen LogP contribution in [0.2, 0.25) is 5.15 Å². The zero-order valence-electron chi connectivity index (χ0n) is 9.28. The molecular formula is C11H15ClN2OS. The van der Waals surface area contributed by atoms with E-state index >= 15 is 0 Å². The molecule has 1 saturated carbocycles. The molecule has 2 rings (SSSR count). The predicted octanol–water partition coefficient (Wildman–Crippen LogP) is 3.24. The van der Waals surface area contributed by atoms with Gasteiger partial charge in [0, 0.05) is 13.6 Å². The highest BCUT2D eigenvalue weighted by atomic mass is 35.5. The normalized spacial score (nSPS) is 16.6. The number of halogens is 1. The summed E-state index contributed by atoms with van der Waals surface area (Å²) in [5, 5.41) is 1.17. The Morgan fingerprint density at radius 2 is 2.25 bits per heavy atom. The quantitative estimate of drug-likeness (QED) is 0.778. The van der Waals surface area contributed by atoms with Crippen LogP contribution in [0.5, 0.6) is 0 Å². The van der Waals surface area contributed by atoms with Crippen molar-refractivity contribution >= 4 is 34.4 Å². The first-order valence-electron chi connectivity index (χ1n) is 5.53. The van der Waals surface area contributed by atoms with Gasteiger partial charge < -0.3 is 4.90 Å². The summed E-state index contributed by atoms with van der Waals surface area (Å²) < 4.78 is 0. The van der Waals surface area contributed by atoms with E-state index in [-0.39, 0.29) is 0 Å². The number of hydrogen-bond donors (Lipinski definition) is 0. The van der Waals surface area contributed by atoms with E-state index in [1.165, 1.54) is 37.0 Å². The number of nitrogens with zero attached hydrogens (tertiary/aromatic N) is 2. The number of aromatic nitrogens is 1. The van der Waals surface area contributed by atoms with Gasteiger partial charge in [0.15, 0.2) is 16.6 Å². The lowest BCUT2D eigenvalue weighted by Crippen LogP contribution is -2.23. The smallest absolute Gasteiger partial charge is 0.187 e. The third kappa shape index (κ3) is 2.55. The van der Waals surface area contributed by atoms with Crippen molar-refractivity contribution in [2.24, 2.45) is 5.92 Å². The number of anilines is 1. The van der Waals surface area contributed by atoms with E-state index < -0.39 is 0 Å². The van der Waals surface area contributed by atoms with Crippen LogP contribution in [0, 0.1) is 5.92 Å². The molecule has 0 amide bonds. The standard InChI is InChI=1S/C11H15ClN2OS/c1-14(6-8-4-2-3-5-8)11-13-10(12)9(7-15)16-11/h7-8H,2-6H2,1H3. The van der Waals surface area contributed by atoms with Crippen molar-refractivity contribution in [3.8, 4) is 0 Å². The van der Waals surface area contributed by atoms with Crippen LogP contribution in [0.1, 0.15) is 35.4 Å². The van der Waals surface area contributed by atoms with Gasteiger partial charge in [-0.3, -0.25) is 4.79 Å². The zero-order valence-corrected chi connectivity index (χ0v) is 10.9. The van der Waals surface area contributed by atoms with E-state index in [9.17, 15) is 4.79 Å². The Morgan fingerprint density at radius 3 is 2.81 bits per heavy atom.